The van der Waals surface area contributed by atoms with Gasteiger partial charge >= 0.3 is 5.97 Å². The van der Waals surface area contributed by atoms with Crippen LogP contribution in [0.5, 0.6) is 5.75 Å². The number of nitrogens with zero attached hydrogens (tertiary/aromatic N) is 2. The van der Waals surface area contributed by atoms with E-state index in [2.05, 4.69) is 15.3 Å². The number of rotatable bonds is 10. The van der Waals surface area contributed by atoms with Crippen molar-refractivity contribution in [3.05, 3.63) is 40.6 Å². The first kappa shape index (κ1) is 21.4. The van der Waals surface area contributed by atoms with Gasteiger partial charge in [0.15, 0.2) is 0 Å². The Labute approximate surface area is 164 Å². The van der Waals surface area contributed by atoms with Gasteiger partial charge in [0.2, 0.25) is 5.95 Å². The van der Waals surface area contributed by atoms with Crippen molar-refractivity contribution < 1.29 is 19.7 Å². The number of benzene rings is 1. The highest BCUT2D eigenvalue weighted by Crippen LogP contribution is 2.28. The molecule has 1 aromatic heterocycles. The summed E-state index contributed by atoms with van der Waals surface area (Å²) in [6.07, 6.45) is 2.08. The number of anilines is 2. The molecule has 0 unspecified atom stereocenters. The molecule has 1 atom stereocenters. The number of aliphatic hydroxyl groups is 1. The number of nitrogens with two attached hydrogens (primary N) is 1. The molecule has 0 spiro atoms. The largest absolute Gasteiger partial charge is 0.496 e. The smallest absolute Gasteiger partial charge is 0.307 e. The van der Waals surface area contributed by atoms with Crippen molar-refractivity contribution in [2.45, 2.75) is 45.6 Å². The van der Waals surface area contributed by atoms with Crippen molar-refractivity contribution in [2.75, 3.05) is 24.8 Å². The number of nitrogen functional groups attached to an aromatic ring is 1. The molecule has 8 nitrogen and oxygen atoms in total. The molecule has 152 valence electrons. The number of ether oxygens (including phenoxy) is 1. The van der Waals surface area contributed by atoms with E-state index in [4.69, 9.17) is 15.6 Å². The summed E-state index contributed by atoms with van der Waals surface area (Å²) in [4.78, 5) is 19.7. The summed E-state index contributed by atoms with van der Waals surface area (Å²) < 4.78 is 5.45. The third-order valence-electron chi connectivity index (χ3n) is 4.50. The molecule has 0 saturated carbocycles. The SMILES string of the molecule is CCC[C@@H](CO)Nc1nc(N)nc(C)c1Cc1cc(CC(=O)O)ccc1OC. The quantitative estimate of drug-likeness (QED) is 0.487. The van der Waals surface area contributed by atoms with Crippen LogP contribution >= 0.6 is 0 Å². The maximum absolute atomic E-state index is 11.1. The molecule has 0 radical (unpaired) electrons. The number of carboxylic acid groups (broad SMARTS) is 1. The van der Waals surface area contributed by atoms with Crippen LogP contribution in [0.2, 0.25) is 0 Å². The Morgan fingerprint density at radius 3 is 2.71 bits per heavy atom. The van der Waals surface area contributed by atoms with E-state index in [1.807, 2.05) is 19.9 Å². The summed E-state index contributed by atoms with van der Waals surface area (Å²) >= 11 is 0. The van der Waals surface area contributed by atoms with Gasteiger partial charge in [-0.25, -0.2) is 4.98 Å². The first-order valence-electron chi connectivity index (χ1n) is 9.25. The van der Waals surface area contributed by atoms with Crippen LogP contribution in [0.1, 0.15) is 42.1 Å². The van der Waals surface area contributed by atoms with E-state index in [-0.39, 0.29) is 25.0 Å². The fraction of sp³-hybridized carbons (Fsp3) is 0.450. The van der Waals surface area contributed by atoms with Crippen LogP contribution < -0.4 is 15.8 Å². The molecule has 8 heteroatoms. The lowest BCUT2D eigenvalue weighted by Crippen LogP contribution is -2.25. The van der Waals surface area contributed by atoms with Crippen LogP contribution in [0.15, 0.2) is 18.2 Å². The lowest BCUT2D eigenvalue weighted by atomic mass is 9.99. The molecule has 2 aromatic rings. The third-order valence-corrected chi connectivity index (χ3v) is 4.50. The average molecular weight is 388 g/mol. The van der Waals surface area contributed by atoms with Gasteiger partial charge < -0.3 is 26.0 Å². The van der Waals surface area contributed by atoms with Crippen molar-refractivity contribution in [1.29, 1.82) is 0 Å². The molecule has 0 aliphatic carbocycles. The number of aryl methyl sites for hydroxylation is 1. The standard InChI is InChI=1S/C20H28N4O4/c1-4-5-15(11-25)23-19-16(12(2)22-20(21)24-19)10-14-8-13(9-18(26)27)6-7-17(14)28-3/h6-8,15,25H,4-5,9-11H2,1-3H3,(H,26,27)(H3,21,22,23,24)/t15-/m0/s1. The second-order valence-electron chi connectivity index (χ2n) is 6.70. The van der Waals surface area contributed by atoms with Crippen LogP contribution in [-0.4, -0.2) is 45.9 Å². The lowest BCUT2D eigenvalue weighted by Gasteiger charge is -2.20. The Morgan fingerprint density at radius 2 is 2.11 bits per heavy atom. The van der Waals surface area contributed by atoms with Crippen LogP contribution in [0.25, 0.3) is 0 Å². The second-order valence-corrected chi connectivity index (χ2v) is 6.70. The number of hydrogen-bond donors (Lipinski definition) is 4. The Balaban J connectivity index is 2.43. The van der Waals surface area contributed by atoms with Gasteiger partial charge in [-0.15, -0.1) is 0 Å². The van der Waals surface area contributed by atoms with E-state index in [0.717, 1.165) is 24.0 Å². The van der Waals surface area contributed by atoms with Crippen LogP contribution in [0, 0.1) is 6.92 Å². The molecule has 0 bridgehead atoms. The minimum Gasteiger partial charge on any atom is -0.496 e. The topological polar surface area (TPSA) is 131 Å². The Bertz CT molecular complexity index is 826. The predicted octanol–water partition coefficient (Wildman–Crippen LogP) is 2.17. The third kappa shape index (κ3) is 5.56. The van der Waals surface area contributed by atoms with E-state index < -0.39 is 5.97 Å². The number of hydrogen-bond acceptors (Lipinski definition) is 7. The van der Waals surface area contributed by atoms with Crippen molar-refractivity contribution in [1.82, 2.24) is 9.97 Å². The van der Waals surface area contributed by atoms with E-state index in [0.29, 0.717) is 29.2 Å². The Morgan fingerprint density at radius 1 is 1.36 bits per heavy atom. The zero-order valence-corrected chi connectivity index (χ0v) is 16.5. The number of nitrogens with one attached hydrogen (secondary N) is 1. The fourth-order valence-corrected chi connectivity index (χ4v) is 3.14. The average Bonchev–Trinajstić information content (AvgIpc) is 2.63. The highest BCUT2D eigenvalue weighted by molar-refractivity contribution is 5.70. The van der Waals surface area contributed by atoms with Crippen LogP contribution in [0.3, 0.4) is 0 Å². The number of aromatic nitrogens is 2. The monoisotopic (exact) mass is 388 g/mol. The minimum absolute atomic E-state index is 0.0202. The maximum Gasteiger partial charge on any atom is 0.307 e. The highest BCUT2D eigenvalue weighted by Gasteiger charge is 2.17. The number of aliphatic carboxylic acids is 1. The Kier molecular flexibility index (Phi) is 7.57. The molecular formula is C20H28N4O4. The van der Waals surface area contributed by atoms with Crippen LogP contribution in [0.4, 0.5) is 11.8 Å². The molecule has 0 aliphatic rings. The summed E-state index contributed by atoms with van der Waals surface area (Å²) in [5, 5.41) is 22.0. The summed E-state index contributed by atoms with van der Waals surface area (Å²) in [7, 11) is 1.57. The number of aliphatic hydroxyl groups excluding tert-OH is 1. The van der Waals surface area contributed by atoms with E-state index in [9.17, 15) is 9.90 Å². The Hall–Kier alpha value is -2.87. The van der Waals surface area contributed by atoms with Crippen LogP contribution in [-0.2, 0) is 17.6 Å². The van der Waals surface area contributed by atoms with Gasteiger partial charge in [-0.2, -0.15) is 4.98 Å². The summed E-state index contributed by atoms with van der Waals surface area (Å²) in [6, 6.07) is 5.19. The molecule has 1 aromatic carbocycles. The second kappa shape index (κ2) is 9.89. The van der Waals surface area contributed by atoms with E-state index >= 15 is 0 Å². The fourth-order valence-electron chi connectivity index (χ4n) is 3.14. The van der Waals surface area contributed by atoms with Gasteiger partial charge in [0.05, 0.1) is 26.2 Å². The zero-order valence-electron chi connectivity index (χ0n) is 16.5. The van der Waals surface area contributed by atoms with E-state index in [1.54, 1.807) is 19.2 Å². The molecule has 5 N–H and O–H groups in total. The molecule has 1 heterocycles. The summed E-state index contributed by atoms with van der Waals surface area (Å²) in [5.41, 5.74) is 8.89. The van der Waals surface area contributed by atoms with Crippen molar-refractivity contribution >= 4 is 17.7 Å². The number of methoxy groups -OCH3 is 1. The molecule has 0 saturated heterocycles. The first-order valence-corrected chi connectivity index (χ1v) is 9.25. The highest BCUT2D eigenvalue weighted by atomic mass is 16.5. The molecule has 0 aliphatic heterocycles. The molecule has 28 heavy (non-hydrogen) atoms. The van der Waals surface area contributed by atoms with Gasteiger partial charge in [0.25, 0.3) is 0 Å². The lowest BCUT2D eigenvalue weighted by molar-refractivity contribution is -0.136. The first-order chi connectivity index (χ1) is 13.4. The number of carboxylic acids is 1. The van der Waals surface area contributed by atoms with Crippen molar-refractivity contribution in [2.24, 2.45) is 0 Å². The molecular weight excluding hydrogens is 360 g/mol. The van der Waals surface area contributed by atoms with Gasteiger partial charge in [-0.05, 0) is 30.5 Å². The minimum atomic E-state index is -0.893. The number of carbonyl (C=O) groups is 1. The maximum atomic E-state index is 11.1. The van der Waals surface area contributed by atoms with Crippen molar-refractivity contribution in [3.63, 3.8) is 0 Å². The van der Waals surface area contributed by atoms with Gasteiger partial charge in [-0.3, -0.25) is 4.79 Å². The predicted molar refractivity (Wildman–Crippen MR) is 108 cm³/mol. The van der Waals surface area contributed by atoms with Gasteiger partial charge in [0, 0.05) is 17.7 Å². The molecule has 0 amide bonds. The zero-order chi connectivity index (χ0) is 20.7. The van der Waals surface area contributed by atoms with Gasteiger partial charge in [-0.1, -0.05) is 25.5 Å². The van der Waals surface area contributed by atoms with Crippen molar-refractivity contribution in [3.8, 4) is 5.75 Å². The normalized spacial score (nSPS) is 11.9. The molecule has 2 rings (SSSR count). The van der Waals surface area contributed by atoms with Gasteiger partial charge in [0.1, 0.15) is 11.6 Å². The molecule has 0 fully saturated rings. The summed E-state index contributed by atoms with van der Waals surface area (Å²) in [6.45, 7) is 3.87. The summed E-state index contributed by atoms with van der Waals surface area (Å²) in [5.74, 6) is 0.492. The van der Waals surface area contributed by atoms with E-state index in [1.165, 1.54) is 0 Å².